The molecule has 1 aliphatic rings. The van der Waals surface area contributed by atoms with Crippen LogP contribution in [0.4, 0.5) is 0 Å². The van der Waals surface area contributed by atoms with Gasteiger partial charge in [-0.05, 0) is 39.5 Å². The summed E-state index contributed by atoms with van der Waals surface area (Å²) in [4.78, 5) is 24.1. The van der Waals surface area contributed by atoms with Gasteiger partial charge in [-0.1, -0.05) is 31.4 Å². The van der Waals surface area contributed by atoms with Crippen molar-refractivity contribution in [3.8, 4) is 0 Å². The molecule has 1 aromatic rings. The lowest BCUT2D eigenvalue weighted by atomic mass is 10.00. The largest absolute Gasteiger partial charge is 0.384 e. The molecule has 2 amide bonds. The predicted molar refractivity (Wildman–Crippen MR) is 103 cm³/mol. The molecule has 1 heterocycles. The minimum atomic E-state index is -1.39. The first-order valence-electron chi connectivity index (χ1n) is 10.1. The van der Waals surface area contributed by atoms with Crippen LogP contribution in [0.2, 0.25) is 0 Å². The van der Waals surface area contributed by atoms with Gasteiger partial charge in [-0.25, -0.2) is 4.68 Å². The fourth-order valence-electron chi connectivity index (χ4n) is 3.79. The molecule has 2 unspecified atom stereocenters. The van der Waals surface area contributed by atoms with Crippen LogP contribution >= 0.6 is 0 Å². The van der Waals surface area contributed by atoms with Crippen molar-refractivity contribution in [3.63, 3.8) is 0 Å². The standard InChI is InChI=1S/C19H33N5O4/c1-4-5-6-7-14(16(25)17(20)26)22-18(27)12-8-9-13(10-12)24-15(11-21-23-24)19(2,3)28/h11-14,16,25,28H,4-10H2,1-3H3,(H2,20,26)(H,22,27)/t12-,13+,14?,16?/m0/s1. The molecule has 0 saturated heterocycles. The molecule has 0 bridgehead atoms. The van der Waals surface area contributed by atoms with E-state index in [2.05, 4.69) is 22.6 Å². The summed E-state index contributed by atoms with van der Waals surface area (Å²) in [6, 6.07) is -0.701. The van der Waals surface area contributed by atoms with Crippen molar-refractivity contribution in [1.82, 2.24) is 20.3 Å². The number of nitrogens with zero attached hydrogens (tertiary/aromatic N) is 3. The molecule has 158 valence electrons. The average Bonchev–Trinajstić information content (AvgIpc) is 3.28. The maximum absolute atomic E-state index is 12.7. The van der Waals surface area contributed by atoms with Gasteiger partial charge in [0.1, 0.15) is 5.60 Å². The molecule has 0 radical (unpaired) electrons. The van der Waals surface area contributed by atoms with Gasteiger partial charge in [0.15, 0.2) is 6.10 Å². The third kappa shape index (κ3) is 5.51. The SMILES string of the molecule is CCCCCC(NC(=O)[C@H]1CC[C@@H](n2nncc2C(C)(C)O)C1)C(O)C(N)=O. The van der Waals surface area contributed by atoms with Crippen LogP contribution in [0.1, 0.15) is 77.5 Å². The van der Waals surface area contributed by atoms with Crippen LogP contribution in [0.15, 0.2) is 6.20 Å². The number of aliphatic hydroxyl groups excluding tert-OH is 1. The third-order valence-corrected chi connectivity index (χ3v) is 5.44. The molecule has 4 atom stereocenters. The number of rotatable bonds is 10. The summed E-state index contributed by atoms with van der Waals surface area (Å²) in [5.74, 6) is -1.27. The Hall–Kier alpha value is -2.00. The number of aliphatic hydroxyl groups is 2. The highest BCUT2D eigenvalue weighted by Gasteiger charge is 2.36. The first-order chi connectivity index (χ1) is 13.1. The van der Waals surface area contributed by atoms with Crippen molar-refractivity contribution in [1.29, 1.82) is 0 Å². The van der Waals surface area contributed by atoms with Crippen LogP contribution < -0.4 is 11.1 Å². The highest BCUT2D eigenvalue weighted by molar-refractivity contribution is 5.83. The van der Waals surface area contributed by atoms with E-state index < -0.39 is 23.7 Å². The topological polar surface area (TPSA) is 143 Å². The molecule has 1 aliphatic carbocycles. The molecule has 0 aliphatic heterocycles. The second kappa shape index (κ2) is 9.47. The number of aromatic nitrogens is 3. The Labute approximate surface area is 165 Å². The van der Waals surface area contributed by atoms with E-state index in [0.717, 1.165) is 25.7 Å². The predicted octanol–water partition coefficient (Wildman–Crippen LogP) is 0.758. The molecule has 5 N–H and O–H groups in total. The van der Waals surface area contributed by atoms with Crippen LogP contribution in [-0.4, -0.2) is 49.2 Å². The summed E-state index contributed by atoms with van der Waals surface area (Å²) in [7, 11) is 0. The molecule has 9 nitrogen and oxygen atoms in total. The molecule has 28 heavy (non-hydrogen) atoms. The average molecular weight is 396 g/mol. The molecule has 9 heteroatoms. The summed E-state index contributed by atoms with van der Waals surface area (Å²) in [5, 5.41) is 31.2. The number of carbonyl (C=O) groups is 2. The lowest BCUT2D eigenvalue weighted by Crippen LogP contribution is -2.50. The van der Waals surface area contributed by atoms with Gasteiger partial charge < -0.3 is 21.3 Å². The molecule has 1 aromatic heterocycles. The fraction of sp³-hybridized carbons (Fsp3) is 0.789. The number of hydrogen-bond donors (Lipinski definition) is 4. The minimum absolute atomic E-state index is 0.0284. The molecule has 1 saturated carbocycles. The number of nitrogens with one attached hydrogen (secondary N) is 1. The van der Waals surface area contributed by atoms with Gasteiger partial charge in [-0.15, -0.1) is 5.10 Å². The van der Waals surface area contributed by atoms with Crippen molar-refractivity contribution in [3.05, 3.63) is 11.9 Å². The summed E-state index contributed by atoms with van der Waals surface area (Å²) >= 11 is 0. The van der Waals surface area contributed by atoms with Crippen LogP contribution in [0.3, 0.4) is 0 Å². The lowest BCUT2D eigenvalue weighted by Gasteiger charge is -2.24. The molecular formula is C19H33N5O4. The van der Waals surface area contributed by atoms with Crippen molar-refractivity contribution in [2.75, 3.05) is 0 Å². The quantitative estimate of drug-likeness (QED) is 0.431. The smallest absolute Gasteiger partial charge is 0.248 e. The molecular weight excluding hydrogens is 362 g/mol. The van der Waals surface area contributed by atoms with Gasteiger partial charge in [0, 0.05) is 5.92 Å². The van der Waals surface area contributed by atoms with E-state index in [1.165, 1.54) is 0 Å². The number of primary amides is 1. The Kier molecular flexibility index (Phi) is 7.54. The zero-order chi connectivity index (χ0) is 20.9. The van der Waals surface area contributed by atoms with Crippen LogP contribution in [0.5, 0.6) is 0 Å². The number of hydrogen-bond acceptors (Lipinski definition) is 6. The van der Waals surface area contributed by atoms with Crippen LogP contribution in [-0.2, 0) is 15.2 Å². The van der Waals surface area contributed by atoms with E-state index in [1.807, 2.05) is 0 Å². The number of unbranched alkanes of at least 4 members (excludes halogenated alkanes) is 2. The van der Waals surface area contributed by atoms with E-state index in [1.54, 1.807) is 24.7 Å². The number of nitrogens with two attached hydrogens (primary N) is 1. The zero-order valence-corrected chi connectivity index (χ0v) is 17.0. The second-order valence-electron chi connectivity index (χ2n) is 8.24. The highest BCUT2D eigenvalue weighted by Crippen LogP contribution is 2.36. The van der Waals surface area contributed by atoms with Crippen molar-refractivity contribution < 1.29 is 19.8 Å². The van der Waals surface area contributed by atoms with Gasteiger partial charge >= 0.3 is 0 Å². The fourth-order valence-corrected chi connectivity index (χ4v) is 3.79. The monoisotopic (exact) mass is 395 g/mol. The van der Waals surface area contributed by atoms with Gasteiger partial charge in [0.05, 0.1) is 24.0 Å². The first kappa shape index (κ1) is 22.3. The van der Waals surface area contributed by atoms with Gasteiger partial charge in [0.25, 0.3) is 0 Å². The van der Waals surface area contributed by atoms with Crippen molar-refractivity contribution >= 4 is 11.8 Å². The summed E-state index contributed by atoms with van der Waals surface area (Å²) in [6.45, 7) is 5.41. The lowest BCUT2D eigenvalue weighted by molar-refractivity contribution is -0.131. The first-order valence-corrected chi connectivity index (χ1v) is 10.1. The van der Waals surface area contributed by atoms with E-state index in [-0.39, 0.29) is 17.9 Å². The maximum atomic E-state index is 12.7. The Bertz CT molecular complexity index is 670. The molecule has 0 spiro atoms. The summed E-state index contributed by atoms with van der Waals surface area (Å²) in [5.41, 5.74) is 4.77. The Morgan fingerprint density at radius 3 is 2.71 bits per heavy atom. The summed E-state index contributed by atoms with van der Waals surface area (Å²) in [6.07, 6.45) is 5.37. The maximum Gasteiger partial charge on any atom is 0.248 e. The Balaban J connectivity index is 2.00. The van der Waals surface area contributed by atoms with Crippen molar-refractivity contribution in [2.45, 2.75) is 89.5 Å². The van der Waals surface area contributed by atoms with Crippen LogP contribution in [0, 0.1) is 5.92 Å². The summed E-state index contributed by atoms with van der Waals surface area (Å²) < 4.78 is 1.70. The minimum Gasteiger partial charge on any atom is -0.384 e. The Morgan fingerprint density at radius 2 is 2.11 bits per heavy atom. The van der Waals surface area contributed by atoms with E-state index in [0.29, 0.717) is 25.0 Å². The van der Waals surface area contributed by atoms with E-state index in [4.69, 9.17) is 5.73 Å². The van der Waals surface area contributed by atoms with Crippen molar-refractivity contribution in [2.24, 2.45) is 11.7 Å². The number of amides is 2. The second-order valence-corrected chi connectivity index (χ2v) is 8.24. The third-order valence-electron chi connectivity index (χ3n) is 5.44. The molecule has 2 rings (SSSR count). The normalized spacial score (nSPS) is 22.0. The zero-order valence-electron chi connectivity index (χ0n) is 17.0. The van der Waals surface area contributed by atoms with Gasteiger partial charge in [0.2, 0.25) is 11.8 Å². The Morgan fingerprint density at radius 1 is 1.39 bits per heavy atom. The highest BCUT2D eigenvalue weighted by atomic mass is 16.3. The van der Waals surface area contributed by atoms with E-state index in [9.17, 15) is 19.8 Å². The molecule has 0 aromatic carbocycles. The van der Waals surface area contributed by atoms with Crippen LogP contribution in [0.25, 0.3) is 0 Å². The van der Waals surface area contributed by atoms with Gasteiger partial charge in [-0.3, -0.25) is 9.59 Å². The molecule has 1 fully saturated rings. The van der Waals surface area contributed by atoms with Gasteiger partial charge in [-0.2, -0.15) is 0 Å². The number of carbonyl (C=O) groups excluding carboxylic acids is 2. The van der Waals surface area contributed by atoms with E-state index >= 15 is 0 Å².